The van der Waals surface area contributed by atoms with Crippen molar-refractivity contribution < 1.29 is 41.7 Å². The molecule has 0 radical (unpaired) electrons. The highest BCUT2D eigenvalue weighted by Crippen LogP contribution is 2.37. The van der Waals surface area contributed by atoms with Crippen LogP contribution in [0, 0.1) is 5.82 Å². The summed E-state index contributed by atoms with van der Waals surface area (Å²) in [6.07, 6.45) is -5.39. The molecule has 3 aliphatic rings. The Labute approximate surface area is 271 Å². The Morgan fingerprint density at radius 3 is 2.32 bits per heavy atom. The van der Waals surface area contributed by atoms with Gasteiger partial charge in [0.05, 0.1) is 25.8 Å². The molecule has 3 aliphatic heterocycles. The number of anilines is 2. The number of rotatable bonds is 8. The Balaban J connectivity index is 1.44. The SMILES string of the molecule is C[C@@H]1CN(CC(=O)N2c3cc(Cc4ccc(F)cc4)c(NCC(F)(F)F)nc3OC[C@@H]2C)[C@@H](CN2[C@H](C)COC[C@H]2C)CN1C(=O)O. The van der Waals surface area contributed by atoms with Crippen LogP contribution in [0.5, 0.6) is 5.88 Å². The number of halogens is 4. The van der Waals surface area contributed by atoms with Gasteiger partial charge in [-0.15, -0.1) is 0 Å². The van der Waals surface area contributed by atoms with Crippen molar-refractivity contribution in [1.29, 1.82) is 0 Å². The van der Waals surface area contributed by atoms with Gasteiger partial charge >= 0.3 is 12.3 Å². The molecule has 0 unspecified atom stereocenters. The molecule has 2 N–H and O–H groups in total. The van der Waals surface area contributed by atoms with Gasteiger partial charge in [-0.3, -0.25) is 14.6 Å². The number of carbonyl (C=O) groups excluding carboxylic acids is 1. The third-order valence-corrected chi connectivity index (χ3v) is 9.05. The van der Waals surface area contributed by atoms with E-state index in [9.17, 15) is 32.3 Å². The van der Waals surface area contributed by atoms with Gasteiger partial charge in [-0.05, 0) is 51.5 Å². The monoisotopic (exact) mass is 666 g/mol. The molecule has 2 fully saturated rings. The Morgan fingerprint density at radius 1 is 1.00 bits per heavy atom. The van der Waals surface area contributed by atoms with Crippen LogP contribution in [-0.4, -0.2) is 126 Å². The standard InChI is InChI=1S/C32H42F4N6O5/c1-19-11-39(26(13-41(19)31(44)45)12-40-20(2)15-46-16-21(40)3)14-28(43)42-22(4)17-47-30-27(42)10-24(9-23-5-7-25(33)8-6-23)29(38-30)37-18-32(34,35)36/h5-8,10,19-22,26H,9,11-18H2,1-4H3,(H,37,38)(H,44,45)/t19-,20-,21-,22+,26+/m1/s1. The fraction of sp³-hybridized carbons (Fsp3) is 0.594. The summed E-state index contributed by atoms with van der Waals surface area (Å²) < 4.78 is 64.6. The first kappa shape index (κ1) is 34.6. The lowest BCUT2D eigenvalue weighted by Gasteiger charge is -2.48. The average molecular weight is 667 g/mol. The summed E-state index contributed by atoms with van der Waals surface area (Å²) in [7, 11) is 0. The Hall–Kier alpha value is -3.69. The number of nitrogens with one attached hydrogen (secondary N) is 1. The fourth-order valence-corrected chi connectivity index (χ4v) is 6.62. The van der Waals surface area contributed by atoms with E-state index < -0.39 is 30.7 Å². The van der Waals surface area contributed by atoms with Crippen molar-refractivity contribution in [2.24, 2.45) is 0 Å². The molecule has 0 bridgehead atoms. The number of carbonyl (C=O) groups is 2. The molecular formula is C32H42F4N6O5. The zero-order valence-electron chi connectivity index (χ0n) is 27.0. The second kappa shape index (κ2) is 14.2. The summed E-state index contributed by atoms with van der Waals surface area (Å²) in [5, 5.41) is 12.3. The minimum Gasteiger partial charge on any atom is -0.474 e. The lowest BCUT2D eigenvalue weighted by Crippen LogP contribution is -2.65. The van der Waals surface area contributed by atoms with Gasteiger partial charge in [0, 0.05) is 55.8 Å². The summed E-state index contributed by atoms with van der Waals surface area (Å²) in [6.45, 7) is 8.73. The summed E-state index contributed by atoms with van der Waals surface area (Å²) in [5.74, 6) is -0.724. The van der Waals surface area contributed by atoms with E-state index in [0.717, 1.165) is 0 Å². The predicted molar refractivity (Wildman–Crippen MR) is 166 cm³/mol. The second-order valence-corrected chi connectivity index (χ2v) is 12.8. The summed E-state index contributed by atoms with van der Waals surface area (Å²) >= 11 is 0. The molecule has 258 valence electrons. The number of aromatic nitrogens is 1. The number of ether oxygens (including phenoxy) is 2. The minimum absolute atomic E-state index is 0.0132. The first-order valence-electron chi connectivity index (χ1n) is 15.8. The van der Waals surface area contributed by atoms with E-state index >= 15 is 0 Å². The van der Waals surface area contributed by atoms with Gasteiger partial charge in [-0.1, -0.05) is 12.1 Å². The molecule has 11 nitrogen and oxygen atoms in total. The predicted octanol–water partition coefficient (Wildman–Crippen LogP) is 4.06. The quantitative estimate of drug-likeness (QED) is 0.403. The molecule has 0 aliphatic carbocycles. The molecule has 1 aromatic carbocycles. The van der Waals surface area contributed by atoms with E-state index in [0.29, 0.717) is 43.1 Å². The lowest BCUT2D eigenvalue weighted by molar-refractivity contribution is -0.122. The van der Waals surface area contributed by atoms with Crippen LogP contribution >= 0.6 is 0 Å². The van der Waals surface area contributed by atoms with Crippen molar-refractivity contribution in [2.45, 2.75) is 70.5 Å². The van der Waals surface area contributed by atoms with Gasteiger partial charge in [-0.25, -0.2) is 9.18 Å². The number of alkyl halides is 3. The number of benzene rings is 1. The highest BCUT2D eigenvalue weighted by atomic mass is 19.4. The number of morpholine rings is 1. The second-order valence-electron chi connectivity index (χ2n) is 12.8. The maximum Gasteiger partial charge on any atom is 0.407 e. The van der Waals surface area contributed by atoms with Crippen LogP contribution in [0.3, 0.4) is 0 Å². The van der Waals surface area contributed by atoms with Crippen LogP contribution in [-0.2, 0) is 16.0 Å². The van der Waals surface area contributed by atoms with Crippen LogP contribution in [0.15, 0.2) is 30.3 Å². The summed E-state index contributed by atoms with van der Waals surface area (Å²) in [4.78, 5) is 38.0. The third-order valence-electron chi connectivity index (χ3n) is 9.05. The van der Waals surface area contributed by atoms with Crippen LogP contribution in [0.2, 0.25) is 0 Å². The van der Waals surface area contributed by atoms with Crippen LogP contribution in [0.4, 0.5) is 33.9 Å². The van der Waals surface area contributed by atoms with E-state index in [1.165, 1.54) is 17.0 Å². The summed E-state index contributed by atoms with van der Waals surface area (Å²) in [5.41, 5.74) is 1.35. The summed E-state index contributed by atoms with van der Waals surface area (Å²) in [6, 6.07) is 6.42. The third kappa shape index (κ3) is 8.25. The maximum atomic E-state index is 14.2. The number of fused-ring (bicyclic) bond motifs is 1. The smallest absolute Gasteiger partial charge is 0.407 e. The zero-order valence-corrected chi connectivity index (χ0v) is 27.0. The van der Waals surface area contributed by atoms with E-state index in [4.69, 9.17) is 9.47 Å². The lowest BCUT2D eigenvalue weighted by atomic mass is 10.0. The maximum absolute atomic E-state index is 14.2. The molecule has 5 rings (SSSR count). The fourth-order valence-electron chi connectivity index (χ4n) is 6.62. The zero-order chi connectivity index (χ0) is 34.0. The molecule has 2 saturated heterocycles. The Morgan fingerprint density at radius 2 is 1.68 bits per heavy atom. The van der Waals surface area contributed by atoms with Crippen LogP contribution < -0.4 is 15.0 Å². The molecular weight excluding hydrogens is 624 g/mol. The number of carboxylic acid groups (broad SMARTS) is 1. The molecule has 1 aromatic heterocycles. The number of piperazine rings is 1. The van der Waals surface area contributed by atoms with Gasteiger partial charge in [0.15, 0.2) is 0 Å². The average Bonchev–Trinajstić information content (AvgIpc) is 2.99. The number of nitrogens with zero attached hydrogens (tertiary/aromatic N) is 5. The van der Waals surface area contributed by atoms with E-state index in [1.54, 1.807) is 23.1 Å². The molecule has 15 heteroatoms. The van der Waals surface area contributed by atoms with Crippen molar-refractivity contribution in [2.75, 3.05) is 62.8 Å². The van der Waals surface area contributed by atoms with Crippen molar-refractivity contribution >= 4 is 23.5 Å². The van der Waals surface area contributed by atoms with Crippen molar-refractivity contribution in [3.63, 3.8) is 0 Å². The topological polar surface area (TPSA) is 111 Å². The number of amides is 2. The largest absolute Gasteiger partial charge is 0.474 e. The molecule has 0 saturated carbocycles. The first-order chi connectivity index (χ1) is 22.2. The molecule has 5 atom stereocenters. The Bertz CT molecular complexity index is 1420. The first-order valence-corrected chi connectivity index (χ1v) is 15.8. The van der Waals surface area contributed by atoms with Gasteiger partial charge in [0.25, 0.3) is 0 Å². The molecule has 0 spiro atoms. The number of pyridine rings is 1. The van der Waals surface area contributed by atoms with Gasteiger partial charge in [0.1, 0.15) is 30.5 Å². The number of hydrogen-bond donors (Lipinski definition) is 2. The van der Waals surface area contributed by atoms with Crippen LogP contribution in [0.25, 0.3) is 0 Å². The van der Waals surface area contributed by atoms with E-state index in [2.05, 4.69) is 29.0 Å². The molecule has 2 aromatic rings. The van der Waals surface area contributed by atoms with Crippen molar-refractivity contribution in [1.82, 2.24) is 19.7 Å². The van der Waals surface area contributed by atoms with Crippen molar-refractivity contribution in [3.05, 3.63) is 47.3 Å². The van der Waals surface area contributed by atoms with Crippen LogP contribution in [0.1, 0.15) is 38.8 Å². The Kier molecular flexibility index (Phi) is 10.5. The number of hydrogen-bond acceptors (Lipinski definition) is 8. The van der Waals surface area contributed by atoms with E-state index in [-0.39, 0.29) is 67.9 Å². The highest BCUT2D eigenvalue weighted by Gasteiger charge is 2.40. The van der Waals surface area contributed by atoms with Gasteiger partial charge in [-0.2, -0.15) is 18.2 Å². The minimum atomic E-state index is -4.50. The molecule has 4 heterocycles. The molecule has 2 amide bonds. The highest BCUT2D eigenvalue weighted by molar-refractivity contribution is 5.97. The van der Waals surface area contributed by atoms with Gasteiger partial charge < -0.3 is 29.7 Å². The van der Waals surface area contributed by atoms with E-state index in [1.807, 2.05) is 18.7 Å². The molecule has 47 heavy (non-hydrogen) atoms. The van der Waals surface area contributed by atoms with Crippen molar-refractivity contribution in [3.8, 4) is 5.88 Å². The van der Waals surface area contributed by atoms with Gasteiger partial charge in [0.2, 0.25) is 11.8 Å². The normalized spacial score (nSPS) is 25.7.